The Kier molecular flexibility index (Phi) is 11.8. The molecule has 5 rings (SSSR count). The van der Waals surface area contributed by atoms with Crippen molar-refractivity contribution < 1.29 is 28.2 Å². The van der Waals surface area contributed by atoms with E-state index in [0.29, 0.717) is 69.7 Å². The Balaban J connectivity index is 1.25. The summed E-state index contributed by atoms with van der Waals surface area (Å²) in [6.07, 6.45) is 6.15. The van der Waals surface area contributed by atoms with Gasteiger partial charge in [-0.2, -0.15) is 0 Å². The van der Waals surface area contributed by atoms with Gasteiger partial charge in [0.05, 0.1) is 6.61 Å². The molecule has 9 nitrogen and oxygen atoms in total. The average Bonchev–Trinajstić information content (AvgIpc) is 3.73. The third-order valence-corrected chi connectivity index (χ3v) is 9.50. The van der Waals surface area contributed by atoms with Crippen molar-refractivity contribution in [2.24, 2.45) is 17.6 Å². The summed E-state index contributed by atoms with van der Waals surface area (Å²) in [6, 6.07) is 15.8. The summed E-state index contributed by atoms with van der Waals surface area (Å²) in [7, 11) is 0. The molecule has 1 saturated heterocycles. The lowest BCUT2D eigenvalue weighted by Crippen LogP contribution is -2.48. The molecule has 1 saturated carbocycles. The van der Waals surface area contributed by atoms with Crippen LogP contribution in [0.3, 0.4) is 0 Å². The highest BCUT2D eigenvalue weighted by molar-refractivity contribution is 6.01. The van der Waals surface area contributed by atoms with Crippen LogP contribution in [0.5, 0.6) is 0 Å². The molecule has 0 unspecified atom stereocenters. The first-order valence-electron chi connectivity index (χ1n) is 16.7. The highest BCUT2D eigenvalue weighted by Gasteiger charge is 2.44. The second kappa shape index (κ2) is 16.2. The molecule has 0 radical (unpaired) electrons. The zero-order valence-corrected chi connectivity index (χ0v) is 26.7. The number of aromatic amines is 1. The molecule has 10 heteroatoms. The number of benzene rings is 2. The van der Waals surface area contributed by atoms with Crippen LogP contribution < -0.4 is 11.1 Å². The van der Waals surface area contributed by atoms with Gasteiger partial charge >= 0.3 is 5.97 Å². The Bertz CT molecular complexity index is 1460. The number of nitrogens with zero attached hydrogens (tertiary/aromatic N) is 1. The van der Waals surface area contributed by atoms with E-state index in [9.17, 15) is 18.8 Å². The van der Waals surface area contributed by atoms with E-state index in [4.69, 9.17) is 15.2 Å². The molecule has 2 fully saturated rings. The zero-order chi connectivity index (χ0) is 32.5. The fourth-order valence-corrected chi connectivity index (χ4v) is 6.86. The molecular weight excluding hydrogens is 587 g/mol. The highest BCUT2D eigenvalue weighted by atomic mass is 19.1. The summed E-state index contributed by atoms with van der Waals surface area (Å²) in [5.74, 6) is -0.955. The van der Waals surface area contributed by atoms with E-state index in [1.165, 1.54) is 0 Å². The lowest BCUT2D eigenvalue weighted by molar-refractivity contribution is -0.141. The number of unbranched alkanes of at least 4 members (excludes halogenated alkanes) is 1. The van der Waals surface area contributed by atoms with Crippen LogP contribution in [0, 0.1) is 11.8 Å². The average molecular weight is 635 g/mol. The maximum Gasteiger partial charge on any atom is 0.354 e. The summed E-state index contributed by atoms with van der Waals surface area (Å²) in [6.45, 7) is 3.59. The summed E-state index contributed by atoms with van der Waals surface area (Å²) >= 11 is 0. The Morgan fingerprint density at radius 2 is 1.76 bits per heavy atom. The van der Waals surface area contributed by atoms with Gasteiger partial charge in [-0.1, -0.05) is 43.7 Å². The van der Waals surface area contributed by atoms with Crippen LogP contribution in [0.25, 0.3) is 10.9 Å². The number of alkyl halides is 1. The van der Waals surface area contributed by atoms with Gasteiger partial charge < -0.3 is 30.4 Å². The second-order valence-corrected chi connectivity index (χ2v) is 12.6. The number of hydrogen-bond donors (Lipinski definition) is 3. The number of anilines is 1. The van der Waals surface area contributed by atoms with Crippen molar-refractivity contribution >= 4 is 34.4 Å². The van der Waals surface area contributed by atoms with E-state index in [0.717, 1.165) is 29.3 Å². The van der Waals surface area contributed by atoms with Crippen molar-refractivity contribution in [2.75, 3.05) is 38.4 Å². The number of nitrogens with one attached hydrogen (secondary N) is 2. The largest absolute Gasteiger partial charge is 0.461 e. The number of H-pyrrole nitrogens is 1. The molecule has 248 valence electrons. The molecule has 2 aromatic carbocycles. The van der Waals surface area contributed by atoms with Crippen molar-refractivity contribution in [1.29, 1.82) is 0 Å². The van der Waals surface area contributed by atoms with Crippen LogP contribution in [0.15, 0.2) is 54.6 Å². The number of esters is 1. The van der Waals surface area contributed by atoms with Gasteiger partial charge in [0.15, 0.2) is 0 Å². The van der Waals surface area contributed by atoms with Crippen LogP contribution in [-0.4, -0.2) is 72.8 Å². The van der Waals surface area contributed by atoms with E-state index >= 15 is 0 Å². The van der Waals surface area contributed by atoms with Gasteiger partial charge in [-0.15, -0.1) is 0 Å². The number of amides is 2. The van der Waals surface area contributed by atoms with Gasteiger partial charge in [0.1, 0.15) is 18.4 Å². The van der Waals surface area contributed by atoms with Crippen LogP contribution in [-0.2, 0) is 19.1 Å². The van der Waals surface area contributed by atoms with E-state index < -0.39 is 24.7 Å². The predicted octanol–water partition coefficient (Wildman–Crippen LogP) is 5.96. The van der Waals surface area contributed by atoms with Crippen LogP contribution >= 0.6 is 0 Å². The topological polar surface area (TPSA) is 127 Å². The summed E-state index contributed by atoms with van der Waals surface area (Å²) < 4.78 is 24.1. The molecule has 2 heterocycles. The highest BCUT2D eigenvalue weighted by Crippen LogP contribution is 2.38. The van der Waals surface area contributed by atoms with E-state index in [2.05, 4.69) is 17.2 Å². The fraction of sp³-hybridized carbons (Fsp3) is 0.528. The summed E-state index contributed by atoms with van der Waals surface area (Å²) in [5.41, 5.74) is 8.63. The number of ether oxygens (including phenoxy) is 2. The van der Waals surface area contributed by atoms with Gasteiger partial charge in [-0.3, -0.25) is 9.59 Å². The number of nitrogens with two attached hydrogens (primary N) is 1. The Morgan fingerprint density at radius 3 is 2.50 bits per heavy atom. The van der Waals surface area contributed by atoms with Crippen molar-refractivity contribution in [3.63, 3.8) is 0 Å². The first kappa shape index (κ1) is 33.6. The van der Waals surface area contributed by atoms with Crippen molar-refractivity contribution in [3.05, 3.63) is 65.9 Å². The van der Waals surface area contributed by atoms with Crippen molar-refractivity contribution in [3.8, 4) is 0 Å². The summed E-state index contributed by atoms with van der Waals surface area (Å²) in [5, 5.41) is 3.82. The van der Waals surface area contributed by atoms with E-state index in [-0.39, 0.29) is 36.2 Å². The molecule has 1 aliphatic heterocycles. The van der Waals surface area contributed by atoms with E-state index in [1.807, 2.05) is 42.5 Å². The first-order chi connectivity index (χ1) is 22.4. The predicted molar refractivity (Wildman–Crippen MR) is 176 cm³/mol. The smallest absolute Gasteiger partial charge is 0.354 e. The number of halogens is 1. The standard InChI is InChI=1S/C36H47FN4O5/c1-2-3-18-45-19-7-20-46-36(44)32-22-27-21-28(14-15-31(27)40-32)39-34(42)33-29(24-8-5-4-6-9-24)16-17-41(33)35(43)26-12-10-25(11-13-26)30(38)23-37/h4-6,8-9,14-15,21-22,25-26,29-30,33,40H,2-3,7,10-13,16-20,23,38H2,1H3,(H,39,42)/t25?,26?,29-,30-,33+/m1/s1. The van der Waals surface area contributed by atoms with Gasteiger partial charge in [-0.05, 0) is 74.3 Å². The lowest BCUT2D eigenvalue weighted by Gasteiger charge is -2.35. The van der Waals surface area contributed by atoms with Gasteiger partial charge in [-0.25, -0.2) is 9.18 Å². The molecule has 4 N–H and O–H groups in total. The number of likely N-dealkylation sites (tertiary alicyclic amines) is 1. The van der Waals surface area contributed by atoms with Crippen LogP contribution in [0.1, 0.15) is 80.3 Å². The molecule has 2 aliphatic rings. The number of fused-ring (bicyclic) bond motifs is 1. The zero-order valence-electron chi connectivity index (χ0n) is 26.7. The third-order valence-electron chi connectivity index (χ3n) is 9.50. The van der Waals surface area contributed by atoms with Gasteiger partial charge in [0.25, 0.3) is 0 Å². The monoisotopic (exact) mass is 634 g/mol. The normalized spacial score (nSPS) is 22.1. The number of rotatable bonds is 14. The number of hydrogen-bond acceptors (Lipinski definition) is 6. The first-order valence-corrected chi connectivity index (χ1v) is 16.7. The SMILES string of the molecule is CCCCOCCCOC(=O)c1cc2cc(NC(=O)[C@@H]3[C@@H](c4ccccc4)CCN3C(=O)C3CCC([C@H](N)CF)CC3)ccc2[nH]1. The van der Waals surface area contributed by atoms with Gasteiger partial charge in [0.2, 0.25) is 11.8 Å². The number of carbonyl (C=O) groups excluding carboxylic acids is 3. The van der Waals surface area contributed by atoms with Gasteiger partial charge in [0, 0.05) is 60.6 Å². The molecule has 0 spiro atoms. The molecule has 1 aromatic heterocycles. The third kappa shape index (κ3) is 8.14. The summed E-state index contributed by atoms with van der Waals surface area (Å²) in [4.78, 5) is 45.4. The molecule has 3 atom stereocenters. The minimum absolute atomic E-state index is 0.0115. The molecule has 1 aliphatic carbocycles. The molecule has 2 amide bonds. The second-order valence-electron chi connectivity index (χ2n) is 12.6. The molecular formula is C36H47FN4O5. The molecule has 0 bridgehead atoms. The maximum atomic E-state index is 14.0. The van der Waals surface area contributed by atoms with Crippen LogP contribution in [0.4, 0.5) is 10.1 Å². The quantitative estimate of drug-likeness (QED) is 0.148. The Labute approximate surface area is 270 Å². The lowest BCUT2D eigenvalue weighted by atomic mass is 9.78. The maximum absolute atomic E-state index is 14.0. The van der Waals surface area contributed by atoms with Crippen molar-refractivity contribution in [2.45, 2.75) is 76.3 Å². The fourth-order valence-electron chi connectivity index (χ4n) is 6.86. The molecule has 46 heavy (non-hydrogen) atoms. The number of aromatic nitrogens is 1. The van der Waals surface area contributed by atoms with Crippen molar-refractivity contribution in [1.82, 2.24) is 9.88 Å². The minimum atomic E-state index is -0.667. The van der Waals surface area contributed by atoms with E-state index in [1.54, 1.807) is 17.0 Å². The Morgan fingerprint density at radius 1 is 1.00 bits per heavy atom. The molecule has 3 aromatic rings. The Hall–Kier alpha value is -3.76. The number of carbonyl (C=O) groups is 3. The minimum Gasteiger partial charge on any atom is -0.461 e. The van der Waals surface area contributed by atoms with Crippen LogP contribution in [0.2, 0.25) is 0 Å².